The number of nitrogens with zero attached hydrogens (tertiary/aromatic N) is 2. The van der Waals surface area contributed by atoms with Gasteiger partial charge >= 0.3 is 5.97 Å². The predicted octanol–water partition coefficient (Wildman–Crippen LogP) is 2.73. The van der Waals surface area contributed by atoms with Gasteiger partial charge in [0.25, 0.3) is 5.91 Å². The summed E-state index contributed by atoms with van der Waals surface area (Å²) in [5.41, 5.74) is 1.74. The Kier molecular flexibility index (Phi) is 4.14. The number of aromatic nitrogens is 1. The fraction of sp³-hybridized carbons (Fsp3) is 0.353. The van der Waals surface area contributed by atoms with Crippen molar-refractivity contribution in [1.82, 2.24) is 10.1 Å². The van der Waals surface area contributed by atoms with Gasteiger partial charge in [-0.25, -0.2) is 0 Å². The average molecular weight is 314 g/mol. The van der Waals surface area contributed by atoms with Crippen LogP contribution in [0.2, 0.25) is 0 Å². The van der Waals surface area contributed by atoms with Crippen LogP contribution < -0.4 is 0 Å². The molecular formula is C17H18N2O4. The first-order valence-electron chi connectivity index (χ1n) is 7.62. The molecule has 1 aromatic heterocycles. The number of rotatable bonds is 4. The summed E-state index contributed by atoms with van der Waals surface area (Å²) >= 11 is 0. The van der Waals surface area contributed by atoms with E-state index in [4.69, 9.17) is 9.63 Å². The Bertz CT molecular complexity index is 723. The molecule has 1 saturated heterocycles. The maximum absolute atomic E-state index is 12.9. The lowest BCUT2D eigenvalue weighted by atomic mass is 10.0. The molecule has 1 aliphatic heterocycles. The molecule has 2 heterocycles. The number of hydrogen-bond donors (Lipinski definition) is 1. The highest BCUT2D eigenvalue weighted by molar-refractivity contribution is 6.01. The normalized spacial score (nSPS) is 17.4. The quantitative estimate of drug-likeness (QED) is 0.938. The molecular weight excluding hydrogens is 296 g/mol. The molecule has 1 fully saturated rings. The predicted molar refractivity (Wildman–Crippen MR) is 83.0 cm³/mol. The molecule has 23 heavy (non-hydrogen) atoms. The number of amides is 1. The van der Waals surface area contributed by atoms with E-state index in [2.05, 4.69) is 5.16 Å². The maximum Gasteiger partial charge on any atom is 0.305 e. The summed E-state index contributed by atoms with van der Waals surface area (Å²) in [7, 11) is 0. The summed E-state index contributed by atoms with van der Waals surface area (Å²) in [6, 6.07) is 9.10. The zero-order chi connectivity index (χ0) is 16.4. The standard InChI is InChI=1S/C17H18N2O4/c1-11-15(16(18-23-11)12-6-3-2-4-7-12)17(22)19-9-5-8-13(19)10-14(20)21/h2-4,6-7,13H,5,8-10H2,1H3,(H,20,21). The maximum atomic E-state index is 12.9. The second kappa shape index (κ2) is 6.24. The van der Waals surface area contributed by atoms with Gasteiger partial charge in [0.1, 0.15) is 17.0 Å². The first kappa shape index (κ1) is 15.3. The number of carboxylic acids is 1. The molecule has 0 spiro atoms. The highest BCUT2D eigenvalue weighted by Crippen LogP contribution is 2.29. The summed E-state index contributed by atoms with van der Waals surface area (Å²) < 4.78 is 5.23. The highest BCUT2D eigenvalue weighted by atomic mass is 16.5. The second-order valence-electron chi connectivity index (χ2n) is 5.72. The van der Waals surface area contributed by atoms with E-state index in [1.165, 1.54) is 0 Å². The lowest BCUT2D eigenvalue weighted by molar-refractivity contribution is -0.137. The van der Waals surface area contributed by atoms with Crippen molar-refractivity contribution >= 4 is 11.9 Å². The van der Waals surface area contributed by atoms with Crippen LogP contribution in [0.25, 0.3) is 11.3 Å². The fourth-order valence-electron chi connectivity index (χ4n) is 3.08. The van der Waals surface area contributed by atoms with E-state index in [0.29, 0.717) is 30.0 Å². The molecule has 3 rings (SSSR count). The topological polar surface area (TPSA) is 83.6 Å². The third-order valence-corrected chi connectivity index (χ3v) is 4.17. The van der Waals surface area contributed by atoms with Gasteiger partial charge < -0.3 is 14.5 Å². The Morgan fingerprint density at radius 1 is 1.35 bits per heavy atom. The summed E-state index contributed by atoms with van der Waals surface area (Å²) in [4.78, 5) is 25.6. The molecule has 0 aliphatic carbocycles. The van der Waals surface area contributed by atoms with Crippen molar-refractivity contribution in [3.63, 3.8) is 0 Å². The van der Waals surface area contributed by atoms with Crippen LogP contribution in [0.1, 0.15) is 35.4 Å². The van der Waals surface area contributed by atoms with Crippen molar-refractivity contribution in [2.24, 2.45) is 0 Å². The Hall–Kier alpha value is -2.63. The van der Waals surface area contributed by atoms with Crippen LogP contribution in [-0.2, 0) is 4.79 Å². The van der Waals surface area contributed by atoms with Crippen LogP contribution in [0.3, 0.4) is 0 Å². The van der Waals surface area contributed by atoms with Crippen molar-refractivity contribution in [2.45, 2.75) is 32.2 Å². The largest absolute Gasteiger partial charge is 0.481 e. The first-order valence-corrected chi connectivity index (χ1v) is 7.62. The van der Waals surface area contributed by atoms with Crippen LogP contribution >= 0.6 is 0 Å². The summed E-state index contributed by atoms with van der Waals surface area (Å²) in [5.74, 6) is -0.638. The Morgan fingerprint density at radius 3 is 2.78 bits per heavy atom. The van der Waals surface area contributed by atoms with Gasteiger partial charge in [0.2, 0.25) is 0 Å². The number of aryl methyl sites for hydroxylation is 1. The zero-order valence-electron chi connectivity index (χ0n) is 12.9. The molecule has 0 saturated carbocycles. The SMILES string of the molecule is Cc1onc(-c2ccccc2)c1C(=O)N1CCCC1CC(=O)O. The van der Waals surface area contributed by atoms with Gasteiger partial charge in [0.15, 0.2) is 0 Å². The molecule has 0 radical (unpaired) electrons. The number of carboxylic acid groups (broad SMARTS) is 1. The number of carbonyl (C=O) groups excluding carboxylic acids is 1. The van der Waals surface area contributed by atoms with Crippen LogP contribution in [0.15, 0.2) is 34.9 Å². The van der Waals surface area contributed by atoms with E-state index in [1.807, 2.05) is 30.3 Å². The van der Waals surface area contributed by atoms with Crippen molar-refractivity contribution in [2.75, 3.05) is 6.54 Å². The van der Waals surface area contributed by atoms with E-state index < -0.39 is 5.97 Å². The van der Waals surface area contributed by atoms with E-state index in [0.717, 1.165) is 12.0 Å². The average Bonchev–Trinajstić information content (AvgIpc) is 3.13. The van der Waals surface area contributed by atoms with Gasteiger partial charge in [-0.2, -0.15) is 0 Å². The van der Waals surface area contributed by atoms with E-state index >= 15 is 0 Å². The van der Waals surface area contributed by atoms with Crippen molar-refractivity contribution < 1.29 is 19.2 Å². The summed E-state index contributed by atoms with van der Waals surface area (Å²) in [5, 5.41) is 13.0. The number of carbonyl (C=O) groups is 2. The van der Waals surface area contributed by atoms with E-state index in [-0.39, 0.29) is 18.4 Å². The minimum absolute atomic E-state index is 0.0310. The molecule has 6 heteroatoms. The van der Waals surface area contributed by atoms with E-state index in [1.54, 1.807) is 11.8 Å². The first-order chi connectivity index (χ1) is 11.1. The van der Waals surface area contributed by atoms with Gasteiger partial charge in [0.05, 0.1) is 6.42 Å². The fourth-order valence-corrected chi connectivity index (χ4v) is 3.08. The molecule has 1 N–H and O–H groups in total. The minimum atomic E-state index is -0.889. The Labute approximate surface area is 133 Å². The minimum Gasteiger partial charge on any atom is -0.481 e. The van der Waals surface area contributed by atoms with Crippen LogP contribution in [0.4, 0.5) is 0 Å². The molecule has 1 aromatic carbocycles. The molecule has 2 aromatic rings. The molecule has 1 amide bonds. The Balaban J connectivity index is 1.94. The third-order valence-electron chi connectivity index (χ3n) is 4.17. The zero-order valence-corrected chi connectivity index (χ0v) is 12.9. The molecule has 1 aliphatic rings. The van der Waals surface area contributed by atoms with Gasteiger partial charge in [-0.05, 0) is 19.8 Å². The molecule has 1 unspecified atom stereocenters. The van der Waals surface area contributed by atoms with Crippen LogP contribution in [-0.4, -0.2) is 39.6 Å². The highest BCUT2D eigenvalue weighted by Gasteiger charge is 2.34. The third kappa shape index (κ3) is 2.97. The molecule has 1 atom stereocenters. The smallest absolute Gasteiger partial charge is 0.305 e. The molecule has 0 bridgehead atoms. The summed E-state index contributed by atoms with van der Waals surface area (Å²) in [6.07, 6.45) is 1.49. The molecule has 120 valence electrons. The monoisotopic (exact) mass is 314 g/mol. The summed E-state index contributed by atoms with van der Waals surface area (Å²) in [6.45, 7) is 2.27. The van der Waals surface area contributed by atoms with Crippen LogP contribution in [0, 0.1) is 6.92 Å². The second-order valence-corrected chi connectivity index (χ2v) is 5.72. The number of benzene rings is 1. The van der Waals surface area contributed by atoms with Crippen LogP contribution in [0.5, 0.6) is 0 Å². The lowest BCUT2D eigenvalue weighted by Gasteiger charge is -2.23. The van der Waals surface area contributed by atoms with Gasteiger partial charge in [-0.3, -0.25) is 9.59 Å². The number of likely N-dealkylation sites (tertiary alicyclic amines) is 1. The van der Waals surface area contributed by atoms with Gasteiger partial charge in [-0.15, -0.1) is 0 Å². The van der Waals surface area contributed by atoms with Gasteiger partial charge in [-0.1, -0.05) is 35.5 Å². The number of aliphatic carboxylic acids is 1. The number of hydrogen-bond acceptors (Lipinski definition) is 4. The van der Waals surface area contributed by atoms with Crippen molar-refractivity contribution in [1.29, 1.82) is 0 Å². The van der Waals surface area contributed by atoms with Crippen molar-refractivity contribution in [3.8, 4) is 11.3 Å². The Morgan fingerprint density at radius 2 is 2.09 bits per heavy atom. The van der Waals surface area contributed by atoms with E-state index in [9.17, 15) is 9.59 Å². The lowest BCUT2D eigenvalue weighted by Crippen LogP contribution is -2.37. The van der Waals surface area contributed by atoms with Crippen molar-refractivity contribution in [3.05, 3.63) is 41.7 Å². The van der Waals surface area contributed by atoms with Gasteiger partial charge in [0, 0.05) is 18.2 Å². The molecule has 6 nitrogen and oxygen atoms in total.